The molecule has 2 N–H and O–H groups in total. The molecule has 0 bridgehead atoms. The molecule has 0 aliphatic heterocycles. The van der Waals surface area contributed by atoms with Crippen molar-refractivity contribution < 1.29 is 5.11 Å². The highest BCUT2D eigenvalue weighted by atomic mass is 16.3. The van der Waals surface area contributed by atoms with Crippen LogP contribution < -0.4 is 5.32 Å². The van der Waals surface area contributed by atoms with E-state index in [2.05, 4.69) is 23.5 Å². The van der Waals surface area contributed by atoms with Gasteiger partial charge in [0.25, 0.3) is 0 Å². The summed E-state index contributed by atoms with van der Waals surface area (Å²) in [5.74, 6) is 0. The first-order valence-corrected chi connectivity index (χ1v) is 4.57. The van der Waals surface area contributed by atoms with Crippen molar-refractivity contribution >= 4 is 0 Å². The van der Waals surface area contributed by atoms with Gasteiger partial charge in [0.05, 0.1) is 0 Å². The van der Waals surface area contributed by atoms with Gasteiger partial charge >= 0.3 is 0 Å². The van der Waals surface area contributed by atoms with Crippen LogP contribution in [-0.4, -0.2) is 11.3 Å². The maximum atomic E-state index is 9.10. The Kier molecular flexibility index (Phi) is 3.88. The van der Waals surface area contributed by atoms with Crippen LogP contribution in [0.15, 0.2) is 23.9 Å². The van der Waals surface area contributed by atoms with Crippen LogP contribution in [-0.2, 0) is 0 Å². The second-order valence-corrected chi connectivity index (χ2v) is 3.15. The molecule has 68 valence electrons. The Labute approximate surface area is 74.0 Å². The number of hydrogen-bond acceptors (Lipinski definition) is 2. The van der Waals surface area contributed by atoms with E-state index >= 15 is 0 Å². The third-order valence-electron chi connectivity index (χ3n) is 1.88. The Hall–Kier alpha value is -0.760. The maximum absolute atomic E-state index is 9.10. The normalized spacial score (nSPS) is 27.7. The van der Waals surface area contributed by atoms with Gasteiger partial charge in [0.1, 0.15) is 6.23 Å². The predicted octanol–water partition coefficient (Wildman–Crippen LogP) is 1.93. The van der Waals surface area contributed by atoms with Gasteiger partial charge in [-0.3, -0.25) is 0 Å². The third-order valence-corrected chi connectivity index (χ3v) is 1.88. The summed E-state index contributed by atoms with van der Waals surface area (Å²) in [5, 5.41) is 12.1. The van der Waals surface area contributed by atoms with E-state index in [-0.39, 0.29) is 0 Å². The lowest BCUT2D eigenvalue weighted by Crippen LogP contribution is -2.24. The molecule has 1 atom stereocenters. The molecule has 0 fully saturated rings. The molecule has 1 rings (SSSR count). The van der Waals surface area contributed by atoms with E-state index in [1.165, 1.54) is 12.1 Å². The largest absolute Gasteiger partial charge is 0.374 e. The average Bonchev–Trinajstić information content (AvgIpc) is 1.93. The minimum Gasteiger partial charge on any atom is -0.374 e. The van der Waals surface area contributed by atoms with Crippen molar-refractivity contribution in [2.75, 3.05) is 0 Å². The zero-order valence-electron chi connectivity index (χ0n) is 7.59. The maximum Gasteiger partial charge on any atom is 0.121 e. The molecule has 1 aliphatic carbocycles. The lowest BCUT2D eigenvalue weighted by atomic mass is 10.1. The summed E-state index contributed by atoms with van der Waals surface area (Å²) in [6, 6.07) is 0. The van der Waals surface area contributed by atoms with Crippen LogP contribution in [0.3, 0.4) is 0 Å². The first kappa shape index (κ1) is 9.33. The lowest BCUT2D eigenvalue weighted by Gasteiger charge is -2.13. The lowest BCUT2D eigenvalue weighted by molar-refractivity contribution is 0.167. The Bertz CT molecular complexity index is 182. The van der Waals surface area contributed by atoms with Crippen LogP contribution in [0.5, 0.6) is 0 Å². The van der Waals surface area contributed by atoms with E-state index < -0.39 is 6.23 Å². The van der Waals surface area contributed by atoms with E-state index in [0.717, 1.165) is 19.3 Å². The van der Waals surface area contributed by atoms with Gasteiger partial charge in [0.15, 0.2) is 0 Å². The fraction of sp³-hybridized carbons (Fsp3) is 0.600. The Morgan fingerprint density at radius 2 is 2.33 bits per heavy atom. The van der Waals surface area contributed by atoms with Crippen molar-refractivity contribution in [3.63, 3.8) is 0 Å². The van der Waals surface area contributed by atoms with Gasteiger partial charge in [-0.2, -0.15) is 0 Å². The van der Waals surface area contributed by atoms with Crippen molar-refractivity contribution in [1.82, 2.24) is 5.32 Å². The Morgan fingerprint density at radius 1 is 1.50 bits per heavy atom. The molecular weight excluding hydrogens is 150 g/mol. The van der Waals surface area contributed by atoms with E-state index in [1.807, 2.05) is 0 Å². The molecular formula is C10H17NO. The molecule has 0 saturated heterocycles. The highest BCUT2D eigenvalue weighted by molar-refractivity contribution is 5.05. The van der Waals surface area contributed by atoms with E-state index in [9.17, 15) is 0 Å². The highest BCUT2D eigenvalue weighted by Gasteiger charge is 2.00. The Morgan fingerprint density at radius 3 is 3.08 bits per heavy atom. The standard InChI is InChI=1S/C10H17NO/c1-9(12)11-10-7-5-3-2-4-6-8-10/h2-3,7,9,11-12H,4-6,8H2,1H3/b3-2-,10-7+. The summed E-state index contributed by atoms with van der Waals surface area (Å²) in [7, 11) is 0. The zero-order chi connectivity index (χ0) is 8.81. The zero-order valence-corrected chi connectivity index (χ0v) is 7.59. The van der Waals surface area contributed by atoms with E-state index in [0.29, 0.717) is 0 Å². The van der Waals surface area contributed by atoms with Crippen molar-refractivity contribution in [2.45, 2.75) is 38.8 Å². The highest BCUT2D eigenvalue weighted by Crippen LogP contribution is 2.10. The number of rotatable bonds is 2. The molecule has 12 heavy (non-hydrogen) atoms. The van der Waals surface area contributed by atoms with Gasteiger partial charge in [0.2, 0.25) is 0 Å². The van der Waals surface area contributed by atoms with Gasteiger partial charge in [-0.1, -0.05) is 18.2 Å². The molecule has 0 aromatic heterocycles. The number of hydrogen-bond donors (Lipinski definition) is 2. The Balaban J connectivity index is 2.43. The molecule has 0 aromatic rings. The van der Waals surface area contributed by atoms with Crippen molar-refractivity contribution in [3.8, 4) is 0 Å². The molecule has 2 nitrogen and oxygen atoms in total. The first-order valence-electron chi connectivity index (χ1n) is 4.57. The van der Waals surface area contributed by atoms with Crippen molar-refractivity contribution in [1.29, 1.82) is 0 Å². The number of allylic oxidation sites excluding steroid dienone is 4. The van der Waals surface area contributed by atoms with Gasteiger partial charge in [-0.15, -0.1) is 0 Å². The van der Waals surface area contributed by atoms with Crippen LogP contribution in [0, 0.1) is 0 Å². The second-order valence-electron chi connectivity index (χ2n) is 3.15. The van der Waals surface area contributed by atoms with Crippen LogP contribution in [0.25, 0.3) is 0 Å². The summed E-state index contributed by atoms with van der Waals surface area (Å²) < 4.78 is 0. The average molecular weight is 167 g/mol. The number of aliphatic hydroxyl groups excluding tert-OH is 1. The molecule has 2 heteroatoms. The quantitative estimate of drug-likeness (QED) is 0.486. The smallest absolute Gasteiger partial charge is 0.121 e. The molecule has 0 saturated carbocycles. The number of nitrogens with one attached hydrogen (secondary N) is 1. The SMILES string of the molecule is CC(O)N/C1=C/C/C=C\CCC1. The van der Waals surface area contributed by atoms with Gasteiger partial charge in [0, 0.05) is 5.70 Å². The first-order chi connectivity index (χ1) is 5.79. The molecule has 0 aromatic carbocycles. The minimum absolute atomic E-state index is 0.431. The molecule has 0 amide bonds. The second kappa shape index (κ2) is 4.99. The molecule has 1 aliphatic rings. The molecule has 1 unspecified atom stereocenters. The number of aliphatic hydroxyl groups is 1. The van der Waals surface area contributed by atoms with Crippen LogP contribution >= 0.6 is 0 Å². The van der Waals surface area contributed by atoms with Crippen LogP contribution in [0.4, 0.5) is 0 Å². The van der Waals surface area contributed by atoms with E-state index in [1.54, 1.807) is 6.92 Å². The molecule has 0 spiro atoms. The van der Waals surface area contributed by atoms with Crippen molar-refractivity contribution in [3.05, 3.63) is 23.9 Å². The summed E-state index contributed by atoms with van der Waals surface area (Å²) in [5.41, 5.74) is 1.18. The minimum atomic E-state index is -0.431. The van der Waals surface area contributed by atoms with E-state index in [4.69, 9.17) is 5.11 Å². The topological polar surface area (TPSA) is 32.3 Å². The van der Waals surface area contributed by atoms with Gasteiger partial charge in [-0.05, 0) is 32.6 Å². The fourth-order valence-corrected chi connectivity index (χ4v) is 1.34. The van der Waals surface area contributed by atoms with Crippen LogP contribution in [0.1, 0.15) is 32.6 Å². The van der Waals surface area contributed by atoms with Crippen molar-refractivity contribution in [2.24, 2.45) is 0 Å². The fourth-order valence-electron chi connectivity index (χ4n) is 1.34. The summed E-state index contributed by atoms with van der Waals surface area (Å²) in [6.45, 7) is 1.75. The third kappa shape index (κ3) is 3.58. The van der Waals surface area contributed by atoms with Gasteiger partial charge < -0.3 is 10.4 Å². The summed E-state index contributed by atoms with van der Waals surface area (Å²) >= 11 is 0. The predicted molar refractivity (Wildman–Crippen MR) is 50.5 cm³/mol. The van der Waals surface area contributed by atoms with Gasteiger partial charge in [-0.25, -0.2) is 0 Å². The molecule has 0 heterocycles. The monoisotopic (exact) mass is 167 g/mol. The summed E-state index contributed by atoms with van der Waals surface area (Å²) in [6.07, 6.45) is 10.5. The molecule has 0 radical (unpaired) electrons. The summed E-state index contributed by atoms with van der Waals surface area (Å²) in [4.78, 5) is 0. The van der Waals surface area contributed by atoms with Crippen LogP contribution in [0.2, 0.25) is 0 Å².